The van der Waals surface area contributed by atoms with Gasteiger partial charge in [0.25, 0.3) is 0 Å². The van der Waals surface area contributed by atoms with Crippen LogP contribution in [0.2, 0.25) is 0 Å². The number of nitrogens with zero attached hydrogens (tertiary/aromatic N) is 1. The molecule has 4 atom stereocenters. The number of amidine groups is 1. The van der Waals surface area contributed by atoms with Crippen molar-refractivity contribution in [3.05, 3.63) is 0 Å². The number of hydrogen-bond donors (Lipinski definition) is 4. The molecule has 2 heterocycles. The molecule has 0 aromatic rings. The van der Waals surface area contributed by atoms with Crippen LogP contribution >= 0.6 is 7.82 Å². The second-order valence-corrected chi connectivity index (χ2v) is 5.79. The van der Waals surface area contributed by atoms with Crippen LogP contribution in [0.3, 0.4) is 0 Å². The number of ether oxygens (including phenoxy) is 1. The minimum Gasteiger partial charge on any atom is -0.790 e. The molecule has 2 aliphatic heterocycles. The number of carbonyl (C=O) groups excluding carboxylic acids is 1. The molecular formula is C9H14N3Na2O8P. The van der Waals surface area contributed by atoms with Gasteiger partial charge in [-0.15, -0.1) is 0 Å². The van der Waals surface area contributed by atoms with Gasteiger partial charge in [0.15, 0.2) is 6.23 Å². The zero-order valence-electron chi connectivity index (χ0n) is 12.7. The van der Waals surface area contributed by atoms with Crippen LogP contribution in [0.5, 0.6) is 0 Å². The SMILES string of the molecule is [15NH]=C1CC[15N](C2OC(COP(=O)([O-])[O-])C(O)C2O)C(=O)[15NH]1.[Na+].[Na+]. The average molecular weight is 372 g/mol. The molecule has 4 unspecified atom stereocenters. The molecule has 23 heavy (non-hydrogen) atoms. The van der Waals surface area contributed by atoms with Crippen LogP contribution < -0.4 is 74.2 Å². The maximum atomic E-state index is 11.7. The molecule has 2 saturated heterocycles. The number of amides is 2. The fraction of sp³-hybridized carbons (Fsp3) is 0.778. The van der Waals surface area contributed by atoms with Gasteiger partial charge in [-0.05, 0) is 0 Å². The van der Waals surface area contributed by atoms with Crippen LogP contribution in [0.15, 0.2) is 0 Å². The second-order valence-electron chi connectivity index (χ2n) is 4.64. The molecule has 2 rings (SSSR count). The van der Waals surface area contributed by atoms with E-state index in [0.717, 1.165) is 4.90 Å². The maximum Gasteiger partial charge on any atom is 1.00 e. The first kappa shape index (κ1) is 23.9. The Hall–Kier alpha value is 0.930. The van der Waals surface area contributed by atoms with E-state index < -0.39 is 45.0 Å². The van der Waals surface area contributed by atoms with Gasteiger partial charge in [-0.1, -0.05) is 0 Å². The summed E-state index contributed by atoms with van der Waals surface area (Å²) in [5.74, 6) is 0.0165. The number of phosphoric ester groups is 1. The van der Waals surface area contributed by atoms with E-state index >= 15 is 0 Å². The Morgan fingerprint density at radius 3 is 2.52 bits per heavy atom. The van der Waals surface area contributed by atoms with Crippen molar-refractivity contribution in [2.45, 2.75) is 31.0 Å². The van der Waals surface area contributed by atoms with Gasteiger partial charge in [0, 0.05) is 13.0 Å². The van der Waals surface area contributed by atoms with Crippen LogP contribution in [0.4, 0.5) is 4.79 Å². The number of nitrogens with one attached hydrogen (secondary N) is 2. The molecule has 0 saturated carbocycles. The van der Waals surface area contributed by atoms with Crippen molar-refractivity contribution in [2.24, 2.45) is 0 Å². The fourth-order valence-corrected chi connectivity index (χ4v) is 2.46. The molecule has 0 aromatic heterocycles. The van der Waals surface area contributed by atoms with Crippen molar-refractivity contribution in [1.82, 2.24) is 10.2 Å². The Bertz CT molecular complexity index is 491. The molecule has 2 aliphatic rings. The Morgan fingerprint density at radius 2 is 2.00 bits per heavy atom. The first-order chi connectivity index (χ1) is 9.69. The molecule has 4 N–H and O–H groups in total. The zero-order valence-corrected chi connectivity index (χ0v) is 17.6. The van der Waals surface area contributed by atoms with Gasteiger partial charge >= 0.3 is 65.1 Å². The number of aliphatic hydroxyl groups is 2. The largest absolute Gasteiger partial charge is 1.00 e. The molecule has 2 amide bonds. The number of rotatable bonds is 4. The number of aliphatic hydroxyl groups excluding tert-OH is 2. The monoisotopic (exact) mass is 372 g/mol. The van der Waals surface area contributed by atoms with Crippen LogP contribution in [-0.2, 0) is 13.8 Å². The molecule has 0 aliphatic carbocycles. The summed E-state index contributed by atoms with van der Waals surface area (Å²) in [6.07, 6.45) is -5.29. The van der Waals surface area contributed by atoms with Crippen molar-refractivity contribution in [1.29, 1.82) is 5.41 Å². The van der Waals surface area contributed by atoms with Gasteiger partial charge in [-0.2, -0.15) is 0 Å². The summed E-state index contributed by atoms with van der Waals surface area (Å²) in [4.78, 5) is 33.6. The first-order valence-corrected chi connectivity index (χ1v) is 7.48. The minimum absolute atomic E-state index is 0. The van der Waals surface area contributed by atoms with Crippen LogP contribution in [0.1, 0.15) is 6.42 Å². The maximum absolute atomic E-state index is 11.7. The van der Waals surface area contributed by atoms with E-state index in [1.54, 1.807) is 0 Å². The smallest absolute Gasteiger partial charge is 0.790 e. The Balaban J connectivity index is 0.00000242. The van der Waals surface area contributed by atoms with E-state index in [0.29, 0.717) is 0 Å². The van der Waals surface area contributed by atoms with E-state index in [1.807, 2.05) is 0 Å². The van der Waals surface area contributed by atoms with E-state index in [2.05, 4.69) is 9.84 Å². The molecule has 2 fully saturated rings. The van der Waals surface area contributed by atoms with Gasteiger partial charge in [-0.3, -0.25) is 15.6 Å². The van der Waals surface area contributed by atoms with Gasteiger partial charge in [0.2, 0.25) is 0 Å². The molecule has 0 aromatic carbocycles. The van der Waals surface area contributed by atoms with E-state index in [1.165, 1.54) is 0 Å². The fourth-order valence-electron chi connectivity index (χ4n) is 2.13. The predicted molar refractivity (Wildman–Crippen MR) is 61.8 cm³/mol. The van der Waals surface area contributed by atoms with Gasteiger partial charge < -0.3 is 33.8 Å². The molecular weight excluding hydrogens is 358 g/mol. The molecule has 11 nitrogen and oxygen atoms in total. The summed E-state index contributed by atoms with van der Waals surface area (Å²) in [6, 6.07) is -0.678. The predicted octanol–water partition coefficient (Wildman–Crippen LogP) is -9.32. The van der Waals surface area contributed by atoms with Crippen molar-refractivity contribution in [3.8, 4) is 0 Å². The summed E-state index contributed by atoms with van der Waals surface area (Å²) >= 11 is 0. The van der Waals surface area contributed by atoms with E-state index in [4.69, 9.17) is 10.1 Å². The molecule has 0 spiro atoms. The molecule has 14 heteroatoms. The normalized spacial score (nSPS) is 31.2. The number of carbonyl (C=O) groups is 1. The average Bonchev–Trinajstić information content (AvgIpc) is 2.64. The van der Waals surface area contributed by atoms with E-state index in [9.17, 15) is 29.4 Å². The Morgan fingerprint density at radius 1 is 1.39 bits per heavy atom. The quantitative estimate of drug-likeness (QED) is 0.213. The van der Waals surface area contributed by atoms with Crippen molar-refractivity contribution in [2.75, 3.05) is 13.2 Å². The van der Waals surface area contributed by atoms with Crippen molar-refractivity contribution >= 4 is 19.7 Å². The zero-order chi connectivity index (χ0) is 15.8. The third-order valence-electron chi connectivity index (χ3n) is 3.16. The van der Waals surface area contributed by atoms with Crippen molar-refractivity contribution in [3.63, 3.8) is 0 Å². The van der Waals surface area contributed by atoms with Gasteiger partial charge in [0.05, 0.1) is 14.4 Å². The van der Waals surface area contributed by atoms with Crippen LogP contribution in [-0.4, -0.2) is 64.7 Å². The number of hydrogen-bond acceptors (Lipinski definition) is 9. The number of urea groups is 1. The number of phosphoric acid groups is 1. The van der Waals surface area contributed by atoms with Crippen molar-refractivity contribution < 1.29 is 97.7 Å². The summed E-state index contributed by atoms with van der Waals surface area (Å²) in [6.45, 7) is -0.668. The third-order valence-corrected chi connectivity index (χ3v) is 3.63. The second kappa shape index (κ2) is 9.58. The minimum atomic E-state index is -5.23. The third kappa shape index (κ3) is 6.30. The van der Waals surface area contributed by atoms with Crippen LogP contribution in [0.25, 0.3) is 0 Å². The molecule has 120 valence electrons. The molecule has 0 bridgehead atoms. The summed E-state index contributed by atoms with van der Waals surface area (Å²) in [5.41, 5.74) is 0. The summed E-state index contributed by atoms with van der Waals surface area (Å²) in [5, 5.41) is 29.2. The Labute approximate surface area is 176 Å². The summed E-state index contributed by atoms with van der Waals surface area (Å²) in [7, 11) is -5.23. The van der Waals surface area contributed by atoms with Gasteiger partial charge in [0.1, 0.15) is 24.1 Å². The van der Waals surface area contributed by atoms with Crippen LogP contribution in [0, 0.1) is 5.41 Å². The Kier molecular flexibility index (Phi) is 9.97. The summed E-state index contributed by atoms with van der Waals surface area (Å²) < 4.78 is 19.6. The standard InChI is InChI=1S/C9H16N3O8P.2Na/c10-5-1-2-12(9(15)11-5)8-7(14)6(13)4(20-8)3-19-21(16,17)18;;/h4,6-8,13-14H,1-3H2,(H2,10,11,15)(H2,16,17,18);;/q;2*+1/p-2/i10+1,11+1,12+1;;. The van der Waals surface area contributed by atoms with E-state index in [-0.39, 0.29) is 77.9 Å². The molecule has 0 radical (unpaired) electrons. The van der Waals surface area contributed by atoms with Gasteiger partial charge in [-0.25, -0.2) is 4.79 Å². The first-order valence-electron chi connectivity index (χ1n) is 6.02. The topological polar surface area (TPSA) is 178 Å².